The van der Waals surface area contributed by atoms with Crippen LogP contribution in [0, 0.1) is 19.7 Å². The van der Waals surface area contributed by atoms with Crippen molar-refractivity contribution in [2.24, 2.45) is 0 Å². The van der Waals surface area contributed by atoms with E-state index < -0.39 is 0 Å². The van der Waals surface area contributed by atoms with Crippen molar-refractivity contribution in [3.8, 4) is 5.69 Å². The Morgan fingerprint density at radius 1 is 0.970 bits per heavy atom. The molecular formula is C26H24FN5S. The number of hydrogen-bond donors (Lipinski definition) is 1. The fourth-order valence-corrected chi connectivity index (χ4v) is 4.99. The van der Waals surface area contributed by atoms with Gasteiger partial charge in [0.2, 0.25) is 0 Å². The summed E-state index contributed by atoms with van der Waals surface area (Å²) < 4.78 is 16.1. The molecule has 5 rings (SSSR count). The van der Waals surface area contributed by atoms with Crippen molar-refractivity contribution in [3.05, 3.63) is 113 Å². The number of pyridine rings is 2. The van der Waals surface area contributed by atoms with Crippen LogP contribution in [0.25, 0.3) is 5.69 Å². The van der Waals surface area contributed by atoms with Crippen molar-refractivity contribution >= 4 is 17.3 Å². The third kappa shape index (κ3) is 4.00. The van der Waals surface area contributed by atoms with Crippen LogP contribution in [0.15, 0.2) is 79.1 Å². The molecule has 3 aromatic heterocycles. The lowest BCUT2D eigenvalue weighted by molar-refractivity contribution is 0.307. The van der Waals surface area contributed by atoms with Crippen LogP contribution >= 0.6 is 12.2 Å². The van der Waals surface area contributed by atoms with Gasteiger partial charge in [0.25, 0.3) is 0 Å². The normalized spacial score (nSPS) is 17.9. The summed E-state index contributed by atoms with van der Waals surface area (Å²) in [6.45, 7) is 4.69. The fourth-order valence-electron chi connectivity index (χ4n) is 4.68. The molecule has 0 spiro atoms. The second-order valence-electron chi connectivity index (χ2n) is 8.22. The van der Waals surface area contributed by atoms with E-state index in [0.29, 0.717) is 11.7 Å². The number of benzene rings is 1. The molecule has 0 saturated carbocycles. The summed E-state index contributed by atoms with van der Waals surface area (Å²) in [5, 5.41) is 4.16. The number of rotatable bonds is 5. The van der Waals surface area contributed by atoms with Gasteiger partial charge in [0.1, 0.15) is 5.82 Å². The number of aryl methyl sites for hydroxylation is 1. The molecule has 2 unspecified atom stereocenters. The maximum absolute atomic E-state index is 14.0. The van der Waals surface area contributed by atoms with Crippen molar-refractivity contribution in [3.63, 3.8) is 0 Å². The molecule has 5 nitrogen and oxygen atoms in total. The number of hydrogen-bond acceptors (Lipinski definition) is 3. The highest BCUT2D eigenvalue weighted by Gasteiger charge is 2.41. The van der Waals surface area contributed by atoms with E-state index in [9.17, 15) is 4.39 Å². The van der Waals surface area contributed by atoms with E-state index in [2.05, 4.69) is 37.7 Å². The van der Waals surface area contributed by atoms with Gasteiger partial charge in [0.05, 0.1) is 30.0 Å². The van der Waals surface area contributed by atoms with Crippen molar-refractivity contribution in [1.29, 1.82) is 0 Å². The third-order valence-corrected chi connectivity index (χ3v) is 6.46. The minimum absolute atomic E-state index is 0.0945. The van der Waals surface area contributed by atoms with Gasteiger partial charge in [0, 0.05) is 29.5 Å². The molecule has 33 heavy (non-hydrogen) atoms. The van der Waals surface area contributed by atoms with E-state index in [0.717, 1.165) is 34.0 Å². The molecule has 4 aromatic rings. The Morgan fingerprint density at radius 3 is 2.45 bits per heavy atom. The minimum Gasteiger partial charge on any atom is -0.352 e. The van der Waals surface area contributed by atoms with Gasteiger partial charge in [-0.2, -0.15) is 0 Å². The number of halogens is 1. The van der Waals surface area contributed by atoms with Gasteiger partial charge in [-0.15, -0.1) is 0 Å². The van der Waals surface area contributed by atoms with Crippen LogP contribution in [-0.4, -0.2) is 24.5 Å². The second kappa shape index (κ2) is 8.75. The standard InChI is InChI=1S/C26H24FN5S/c1-17-14-22(18(2)32(17)21-10-7-8-19(27)15-21)25-24(23-11-4-6-13-29-23)30-26(33)31(25)16-20-9-3-5-12-28-20/h3-15,24-25H,16H2,1-2H3,(H,30,33). The van der Waals surface area contributed by atoms with Crippen LogP contribution in [-0.2, 0) is 6.54 Å². The van der Waals surface area contributed by atoms with Crippen molar-refractivity contribution in [1.82, 2.24) is 24.8 Å². The molecule has 166 valence electrons. The molecule has 1 N–H and O–H groups in total. The molecular weight excluding hydrogens is 433 g/mol. The van der Waals surface area contributed by atoms with E-state index in [1.165, 1.54) is 6.07 Å². The molecule has 1 fully saturated rings. The molecule has 1 aliphatic rings. The molecule has 1 aliphatic heterocycles. The highest BCUT2D eigenvalue weighted by atomic mass is 32.1. The highest BCUT2D eigenvalue weighted by molar-refractivity contribution is 7.80. The predicted molar refractivity (Wildman–Crippen MR) is 130 cm³/mol. The zero-order valence-electron chi connectivity index (χ0n) is 18.4. The van der Waals surface area contributed by atoms with E-state index in [1.807, 2.05) is 49.4 Å². The first-order chi connectivity index (χ1) is 16.0. The average Bonchev–Trinajstić information content (AvgIpc) is 3.30. The molecule has 7 heteroatoms. The number of aromatic nitrogens is 3. The van der Waals surface area contributed by atoms with Crippen molar-refractivity contribution in [2.45, 2.75) is 32.5 Å². The van der Waals surface area contributed by atoms with Gasteiger partial charge in [-0.25, -0.2) is 4.39 Å². The molecule has 1 aromatic carbocycles. The Morgan fingerprint density at radius 2 is 1.76 bits per heavy atom. The summed E-state index contributed by atoms with van der Waals surface area (Å²) in [5.41, 5.74) is 5.85. The summed E-state index contributed by atoms with van der Waals surface area (Å²) in [4.78, 5) is 11.3. The Labute approximate surface area is 197 Å². The molecule has 0 radical (unpaired) electrons. The summed E-state index contributed by atoms with van der Waals surface area (Å²) in [5.74, 6) is -0.256. The van der Waals surface area contributed by atoms with Gasteiger partial charge in [-0.3, -0.25) is 9.97 Å². The molecule has 1 saturated heterocycles. The topological polar surface area (TPSA) is 46.0 Å². The van der Waals surface area contributed by atoms with E-state index in [1.54, 1.807) is 24.5 Å². The van der Waals surface area contributed by atoms with Gasteiger partial charge in [0.15, 0.2) is 5.11 Å². The average molecular weight is 458 g/mol. The lowest BCUT2D eigenvalue weighted by Gasteiger charge is -2.28. The molecule has 0 aliphatic carbocycles. The van der Waals surface area contributed by atoms with E-state index in [-0.39, 0.29) is 17.9 Å². The monoisotopic (exact) mass is 457 g/mol. The third-order valence-electron chi connectivity index (χ3n) is 6.11. The van der Waals surface area contributed by atoms with Crippen molar-refractivity contribution in [2.75, 3.05) is 0 Å². The summed E-state index contributed by atoms with van der Waals surface area (Å²) >= 11 is 5.79. The first-order valence-electron chi connectivity index (χ1n) is 10.9. The molecule has 0 bridgehead atoms. The van der Waals surface area contributed by atoms with Gasteiger partial charge >= 0.3 is 0 Å². The summed E-state index contributed by atoms with van der Waals surface area (Å²) in [6, 6.07) is 20.4. The lowest BCUT2D eigenvalue weighted by Crippen LogP contribution is -2.29. The van der Waals surface area contributed by atoms with Gasteiger partial charge < -0.3 is 14.8 Å². The smallest absolute Gasteiger partial charge is 0.170 e. The van der Waals surface area contributed by atoms with Crippen LogP contribution in [0.2, 0.25) is 0 Å². The predicted octanol–water partition coefficient (Wildman–Crippen LogP) is 5.20. The van der Waals surface area contributed by atoms with Crippen LogP contribution in [0.3, 0.4) is 0 Å². The van der Waals surface area contributed by atoms with Crippen molar-refractivity contribution < 1.29 is 4.39 Å². The second-order valence-corrected chi connectivity index (χ2v) is 8.60. The number of thiocarbonyl (C=S) groups is 1. The van der Waals surface area contributed by atoms with Crippen LogP contribution in [0.5, 0.6) is 0 Å². The summed E-state index contributed by atoms with van der Waals surface area (Å²) in [7, 11) is 0. The largest absolute Gasteiger partial charge is 0.352 e. The maximum atomic E-state index is 14.0. The molecule has 0 amide bonds. The highest BCUT2D eigenvalue weighted by Crippen LogP contribution is 2.42. The zero-order chi connectivity index (χ0) is 22.9. The van der Waals surface area contributed by atoms with E-state index >= 15 is 0 Å². The van der Waals surface area contributed by atoms with Crippen LogP contribution < -0.4 is 5.32 Å². The SMILES string of the molecule is Cc1cc(C2C(c3ccccn3)NC(=S)N2Cc2ccccn2)c(C)n1-c1cccc(F)c1. The van der Waals surface area contributed by atoms with Crippen LogP contribution in [0.1, 0.15) is 40.4 Å². The fraction of sp³-hybridized carbons (Fsp3) is 0.192. The number of nitrogens with zero attached hydrogens (tertiary/aromatic N) is 4. The number of nitrogens with one attached hydrogen (secondary N) is 1. The Hall–Kier alpha value is -3.58. The minimum atomic E-state index is -0.256. The summed E-state index contributed by atoms with van der Waals surface area (Å²) in [6.07, 6.45) is 3.59. The Balaban J connectivity index is 1.62. The quantitative estimate of drug-likeness (QED) is 0.418. The Kier molecular flexibility index (Phi) is 5.64. The lowest BCUT2D eigenvalue weighted by atomic mass is 9.96. The van der Waals surface area contributed by atoms with Crippen LogP contribution in [0.4, 0.5) is 4.39 Å². The van der Waals surface area contributed by atoms with E-state index in [4.69, 9.17) is 12.2 Å². The maximum Gasteiger partial charge on any atom is 0.170 e. The Bertz CT molecular complexity index is 1290. The first-order valence-corrected chi connectivity index (χ1v) is 11.3. The molecule has 4 heterocycles. The zero-order valence-corrected chi connectivity index (χ0v) is 19.3. The van der Waals surface area contributed by atoms with Gasteiger partial charge in [-0.1, -0.05) is 18.2 Å². The van der Waals surface area contributed by atoms with Gasteiger partial charge in [-0.05, 0) is 80.2 Å². The molecule has 2 atom stereocenters. The first kappa shape index (κ1) is 21.3.